The van der Waals surface area contributed by atoms with E-state index in [0.29, 0.717) is 11.1 Å². The van der Waals surface area contributed by atoms with E-state index in [9.17, 15) is 51.9 Å². The zero-order valence-corrected chi connectivity index (χ0v) is 37.2. The number of aryl methyl sites for hydroxylation is 4. The second kappa shape index (κ2) is 15.8. The highest BCUT2D eigenvalue weighted by Gasteiger charge is 2.73. The standard InChI is InChI=1S/C42H38N4O14S4/c1-23-5-13-27(14-6-23)43-31-21-22-32(44-28-15-7-24(2)8-16-28)34-33(31)37(47)35-36(38(34)48)42(64(58,59)60,46-30-19-11-26(4)12-20-30)40(62(52,53)54)39(61(49,50)51)41(35,63(55,56)57)45-29-17-9-25(3)10-18-29/h5-22,43-46H,1-4H3,(H,49,50,51)(H,52,53,54)(H,55,56,57)(H,58,59,60). The van der Waals surface area contributed by atoms with Crippen molar-refractivity contribution in [1.29, 1.82) is 0 Å². The van der Waals surface area contributed by atoms with Gasteiger partial charge in [-0.15, -0.1) is 0 Å². The highest BCUT2D eigenvalue weighted by molar-refractivity contribution is 7.97. The van der Waals surface area contributed by atoms with Crippen LogP contribution in [0, 0.1) is 27.7 Å². The maximum absolute atomic E-state index is 15.8. The molecule has 0 bridgehead atoms. The number of ketones is 2. The van der Waals surface area contributed by atoms with Crippen LogP contribution in [-0.2, 0) is 40.5 Å². The number of nitrogens with one attached hydrogen (secondary N) is 4. The largest absolute Gasteiger partial charge is 0.356 e. The number of anilines is 6. The Hall–Kier alpha value is -6.24. The van der Waals surface area contributed by atoms with Gasteiger partial charge in [0.25, 0.3) is 40.5 Å². The Morgan fingerprint density at radius 3 is 0.875 bits per heavy atom. The predicted molar refractivity (Wildman–Crippen MR) is 239 cm³/mol. The highest BCUT2D eigenvalue weighted by Crippen LogP contribution is 2.58. The summed E-state index contributed by atoms with van der Waals surface area (Å²) < 4.78 is 158. The number of carbonyl (C=O) groups is 2. The first-order chi connectivity index (χ1) is 29.7. The topological polar surface area (TPSA) is 300 Å². The monoisotopic (exact) mass is 950 g/mol. The first-order valence-corrected chi connectivity index (χ1v) is 24.5. The molecule has 18 nitrogen and oxygen atoms in total. The average Bonchev–Trinajstić information content (AvgIpc) is 3.19. The van der Waals surface area contributed by atoms with Crippen LogP contribution in [0.15, 0.2) is 130 Å². The molecule has 64 heavy (non-hydrogen) atoms. The minimum absolute atomic E-state index is 0.273. The lowest BCUT2D eigenvalue weighted by Crippen LogP contribution is -2.65. The number of benzene rings is 5. The Balaban J connectivity index is 1.75. The maximum Gasteiger partial charge on any atom is 0.299 e. The van der Waals surface area contributed by atoms with Crippen LogP contribution < -0.4 is 21.3 Å². The van der Waals surface area contributed by atoms with Gasteiger partial charge in [0, 0.05) is 22.7 Å². The number of hydrogen-bond acceptors (Lipinski definition) is 14. The Morgan fingerprint density at radius 2 is 0.641 bits per heavy atom. The van der Waals surface area contributed by atoms with E-state index in [2.05, 4.69) is 21.3 Å². The molecule has 2 unspecified atom stereocenters. The summed E-state index contributed by atoms with van der Waals surface area (Å²) in [6.45, 7) is 6.71. The Labute approximate surface area is 368 Å². The molecule has 0 heterocycles. The van der Waals surface area contributed by atoms with Gasteiger partial charge < -0.3 is 21.3 Å². The smallest absolute Gasteiger partial charge is 0.299 e. The molecule has 2 aliphatic carbocycles. The van der Waals surface area contributed by atoms with Crippen LogP contribution in [0.25, 0.3) is 0 Å². The van der Waals surface area contributed by atoms with Crippen LogP contribution in [0.5, 0.6) is 0 Å². The molecular formula is C42H38N4O14S4. The molecule has 0 spiro atoms. The van der Waals surface area contributed by atoms with Crippen molar-refractivity contribution < 1.29 is 61.5 Å². The second-order valence-corrected chi connectivity index (χ2v) is 21.0. The van der Waals surface area contributed by atoms with Crippen LogP contribution in [0.3, 0.4) is 0 Å². The van der Waals surface area contributed by atoms with Gasteiger partial charge in [0.15, 0.2) is 11.6 Å². The Morgan fingerprint density at radius 1 is 0.391 bits per heavy atom. The molecule has 0 radical (unpaired) electrons. The van der Waals surface area contributed by atoms with E-state index in [4.69, 9.17) is 0 Å². The van der Waals surface area contributed by atoms with Crippen LogP contribution in [0.1, 0.15) is 43.0 Å². The van der Waals surface area contributed by atoms with Crippen LogP contribution >= 0.6 is 0 Å². The minimum atomic E-state index is -6.69. The molecule has 5 aromatic carbocycles. The number of carbonyl (C=O) groups excluding carboxylic acids is 2. The molecule has 22 heteroatoms. The molecule has 0 saturated carbocycles. The molecule has 0 aromatic heterocycles. The molecule has 2 atom stereocenters. The fraction of sp³-hybridized carbons (Fsp3) is 0.143. The van der Waals surface area contributed by atoms with Crippen molar-refractivity contribution in [2.45, 2.75) is 37.4 Å². The molecule has 2 aliphatic rings. The fourth-order valence-electron chi connectivity index (χ4n) is 7.70. The summed E-state index contributed by atoms with van der Waals surface area (Å²) in [7, 11) is -26.6. The van der Waals surface area contributed by atoms with Gasteiger partial charge in [-0.1, -0.05) is 70.8 Å². The molecule has 0 saturated heterocycles. The van der Waals surface area contributed by atoms with Gasteiger partial charge in [-0.3, -0.25) is 27.8 Å². The van der Waals surface area contributed by atoms with Crippen molar-refractivity contribution in [3.8, 4) is 0 Å². The van der Waals surface area contributed by atoms with Gasteiger partial charge in [0.05, 0.1) is 33.6 Å². The van der Waals surface area contributed by atoms with Crippen molar-refractivity contribution in [1.82, 2.24) is 0 Å². The molecule has 334 valence electrons. The summed E-state index contributed by atoms with van der Waals surface area (Å²) in [4.78, 5) is 17.7. The number of rotatable bonds is 12. The van der Waals surface area contributed by atoms with Crippen molar-refractivity contribution in [3.05, 3.63) is 164 Å². The first kappa shape index (κ1) is 45.8. The van der Waals surface area contributed by atoms with Gasteiger partial charge in [0.2, 0.25) is 9.74 Å². The summed E-state index contributed by atoms with van der Waals surface area (Å²) >= 11 is 0. The molecule has 0 aliphatic heterocycles. The number of Topliss-reactive ketones (excluding diaryl/α,β-unsaturated/α-hetero) is 2. The summed E-state index contributed by atoms with van der Waals surface area (Å²) in [5.74, 6) is -3.50. The summed E-state index contributed by atoms with van der Waals surface area (Å²) in [6.07, 6.45) is 0. The zero-order chi connectivity index (χ0) is 46.9. The molecule has 5 aromatic rings. The van der Waals surface area contributed by atoms with Crippen molar-refractivity contribution >= 4 is 86.2 Å². The summed E-state index contributed by atoms with van der Waals surface area (Å²) in [5.41, 5.74) is -3.69. The van der Waals surface area contributed by atoms with E-state index >= 15 is 9.59 Å². The SMILES string of the molecule is Cc1ccc(Nc2ccc(Nc3ccc(C)cc3)c3c2C(=O)C2=C(C3=O)C(Nc3ccc(C)cc3)(S(=O)(=O)O)C(S(=O)(=O)O)=C(S(=O)(=O)O)C2(Nc2ccc(C)cc2)S(=O)(=O)O)cc1. The third kappa shape index (κ3) is 7.76. The van der Waals surface area contributed by atoms with E-state index in [0.717, 1.165) is 35.4 Å². The maximum atomic E-state index is 15.8. The molecule has 0 fully saturated rings. The third-order valence-corrected chi connectivity index (χ3v) is 15.6. The van der Waals surface area contributed by atoms with Crippen molar-refractivity contribution in [3.63, 3.8) is 0 Å². The van der Waals surface area contributed by atoms with Crippen molar-refractivity contribution in [2.24, 2.45) is 0 Å². The first-order valence-electron chi connectivity index (χ1n) is 18.7. The van der Waals surface area contributed by atoms with E-state index in [1.807, 2.05) is 0 Å². The average molecular weight is 951 g/mol. The summed E-state index contributed by atoms with van der Waals surface area (Å²) in [6, 6.07) is 25.0. The second-order valence-electron chi connectivity index (χ2n) is 15.2. The normalized spacial score (nSPS) is 19.2. The molecule has 0 amide bonds. The van der Waals surface area contributed by atoms with Crippen LogP contribution in [0.2, 0.25) is 0 Å². The lowest BCUT2D eigenvalue weighted by Gasteiger charge is -2.47. The predicted octanol–water partition coefficient (Wildman–Crippen LogP) is 6.48. The summed E-state index contributed by atoms with van der Waals surface area (Å²) in [5, 5.41) is 10.1. The van der Waals surface area contributed by atoms with Gasteiger partial charge in [-0.2, -0.15) is 33.7 Å². The van der Waals surface area contributed by atoms with E-state index in [1.54, 1.807) is 76.2 Å². The molecule has 7 rings (SSSR count). The fourth-order valence-corrected chi connectivity index (χ4v) is 13.6. The molecule has 8 N–H and O–H groups in total. The van der Waals surface area contributed by atoms with Gasteiger partial charge >= 0.3 is 0 Å². The van der Waals surface area contributed by atoms with E-state index in [1.165, 1.54) is 36.4 Å². The Bertz CT molecular complexity index is 3100. The number of hydrogen-bond donors (Lipinski definition) is 8. The van der Waals surface area contributed by atoms with Gasteiger partial charge in [-0.25, -0.2) is 0 Å². The number of fused-ring (bicyclic) bond motifs is 1. The third-order valence-electron chi connectivity index (χ3n) is 10.6. The van der Waals surface area contributed by atoms with Crippen LogP contribution in [-0.4, -0.2) is 73.2 Å². The van der Waals surface area contributed by atoms with E-state index < -0.39 is 105 Å². The van der Waals surface area contributed by atoms with Gasteiger partial charge in [0.1, 0.15) is 9.81 Å². The zero-order valence-electron chi connectivity index (χ0n) is 33.9. The lowest BCUT2D eigenvalue weighted by molar-refractivity contribution is 0.0964. The van der Waals surface area contributed by atoms with E-state index in [-0.39, 0.29) is 22.7 Å². The van der Waals surface area contributed by atoms with Crippen LogP contribution in [0.4, 0.5) is 34.1 Å². The minimum Gasteiger partial charge on any atom is -0.356 e. The quantitative estimate of drug-likeness (QED) is 0.0621. The lowest BCUT2D eigenvalue weighted by atomic mass is 9.73. The van der Waals surface area contributed by atoms with Crippen molar-refractivity contribution in [2.75, 3.05) is 21.3 Å². The Kier molecular flexibility index (Phi) is 11.3. The molecular weight excluding hydrogens is 913 g/mol. The highest BCUT2D eigenvalue weighted by atomic mass is 32.2. The van der Waals surface area contributed by atoms with Gasteiger partial charge in [-0.05, 0) is 88.4 Å².